The molecule has 3 N–H and O–H groups in total. The van der Waals surface area contributed by atoms with Crippen LogP contribution < -0.4 is 10.5 Å². The Hall–Kier alpha value is -2.45. The number of rotatable bonds is 6. The minimum atomic E-state index is -4.09. The largest absolute Gasteiger partial charge is 0.377 e. The fourth-order valence-electron chi connectivity index (χ4n) is 2.34. The lowest BCUT2D eigenvalue weighted by atomic mass is 10.0. The molecule has 7 nitrogen and oxygen atoms in total. The molecule has 0 heterocycles. The molecular formula is C16H19N3O4S. The van der Waals surface area contributed by atoms with Crippen LogP contribution in [0.15, 0.2) is 47.4 Å². The lowest BCUT2D eigenvalue weighted by Crippen LogP contribution is -2.16. The van der Waals surface area contributed by atoms with Crippen LogP contribution >= 0.6 is 0 Å². The van der Waals surface area contributed by atoms with Crippen molar-refractivity contribution in [1.29, 1.82) is 0 Å². The first kappa shape index (κ1) is 17.9. The van der Waals surface area contributed by atoms with Gasteiger partial charge in [-0.2, -0.15) is 0 Å². The van der Waals surface area contributed by atoms with Crippen molar-refractivity contribution >= 4 is 21.4 Å². The third-order valence-electron chi connectivity index (χ3n) is 3.74. The summed E-state index contributed by atoms with van der Waals surface area (Å²) in [6, 6.07) is 11.3. The predicted molar refractivity (Wildman–Crippen MR) is 92.3 cm³/mol. The molecule has 0 radical (unpaired) electrons. The molecule has 2 rings (SSSR count). The molecule has 8 heteroatoms. The highest BCUT2D eigenvalue weighted by molar-refractivity contribution is 7.89. The minimum absolute atomic E-state index is 0.196. The Bertz CT molecular complexity index is 848. The highest BCUT2D eigenvalue weighted by atomic mass is 32.2. The van der Waals surface area contributed by atoms with Crippen LogP contribution in [0, 0.1) is 10.1 Å². The van der Waals surface area contributed by atoms with E-state index in [0.717, 1.165) is 18.1 Å². The van der Waals surface area contributed by atoms with E-state index < -0.39 is 14.9 Å². The van der Waals surface area contributed by atoms with Crippen molar-refractivity contribution in [3.05, 3.63) is 63.7 Å². The summed E-state index contributed by atoms with van der Waals surface area (Å²) in [4.78, 5) is 9.89. The Kier molecular flexibility index (Phi) is 5.20. The van der Waals surface area contributed by atoms with E-state index >= 15 is 0 Å². The topological polar surface area (TPSA) is 115 Å². The zero-order valence-corrected chi connectivity index (χ0v) is 14.2. The number of sulfonamides is 1. The Morgan fingerprint density at radius 2 is 1.83 bits per heavy atom. The molecule has 0 aromatic heterocycles. The molecule has 2 aromatic rings. The summed E-state index contributed by atoms with van der Waals surface area (Å²) in [6.45, 7) is 3.93. The average Bonchev–Trinajstić information content (AvgIpc) is 2.54. The molecular weight excluding hydrogens is 330 g/mol. The van der Waals surface area contributed by atoms with Crippen LogP contribution in [0.3, 0.4) is 0 Å². The predicted octanol–water partition coefficient (Wildman–Crippen LogP) is 2.98. The zero-order chi connectivity index (χ0) is 17.9. The number of nitro groups is 1. The molecule has 0 bridgehead atoms. The maximum atomic E-state index is 11.7. The van der Waals surface area contributed by atoms with Crippen LogP contribution in [0.2, 0.25) is 0 Å². The summed E-state index contributed by atoms with van der Waals surface area (Å²) >= 11 is 0. The van der Waals surface area contributed by atoms with E-state index in [1.54, 1.807) is 0 Å². The first-order valence-electron chi connectivity index (χ1n) is 7.39. The summed E-state index contributed by atoms with van der Waals surface area (Å²) in [5, 5.41) is 19.1. The zero-order valence-electron chi connectivity index (χ0n) is 13.4. The molecule has 0 aliphatic heterocycles. The number of anilines is 1. The van der Waals surface area contributed by atoms with Crippen LogP contribution in [-0.2, 0) is 16.4 Å². The molecule has 0 fully saturated rings. The first-order chi connectivity index (χ1) is 11.2. The van der Waals surface area contributed by atoms with Crippen LogP contribution in [-0.4, -0.2) is 13.3 Å². The third kappa shape index (κ3) is 4.09. The minimum Gasteiger partial charge on any atom is -0.377 e. The summed E-state index contributed by atoms with van der Waals surface area (Å²) in [5.41, 5.74) is 2.07. The Balaban J connectivity index is 2.35. The lowest BCUT2D eigenvalue weighted by Gasteiger charge is -2.18. The van der Waals surface area contributed by atoms with Crippen molar-refractivity contribution in [2.75, 3.05) is 5.32 Å². The van der Waals surface area contributed by atoms with Gasteiger partial charge in [0.15, 0.2) is 0 Å². The van der Waals surface area contributed by atoms with Crippen LogP contribution in [0.5, 0.6) is 0 Å². The number of benzene rings is 2. The van der Waals surface area contributed by atoms with Gasteiger partial charge in [0, 0.05) is 18.2 Å². The Morgan fingerprint density at radius 1 is 1.21 bits per heavy atom. The Morgan fingerprint density at radius 3 is 2.33 bits per heavy atom. The van der Waals surface area contributed by atoms with E-state index in [1.807, 2.05) is 31.2 Å². The smallest absolute Gasteiger partial charge is 0.270 e. The van der Waals surface area contributed by atoms with Crippen molar-refractivity contribution in [2.45, 2.75) is 31.2 Å². The SMILES string of the molecule is CCc1ccc(C(C)Nc2ccc([N+](=O)[O-])cc2S(N)(=O)=O)cc1. The van der Waals surface area contributed by atoms with Crippen molar-refractivity contribution in [2.24, 2.45) is 5.14 Å². The van der Waals surface area contributed by atoms with Gasteiger partial charge >= 0.3 is 0 Å². The normalized spacial score (nSPS) is 12.6. The molecule has 0 spiro atoms. The quantitative estimate of drug-likeness (QED) is 0.614. The van der Waals surface area contributed by atoms with Gasteiger partial charge < -0.3 is 5.32 Å². The molecule has 128 valence electrons. The van der Waals surface area contributed by atoms with Gasteiger partial charge in [-0.15, -0.1) is 0 Å². The summed E-state index contributed by atoms with van der Waals surface area (Å²) in [7, 11) is -4.09. The number of primary sulfonamides is 1. The second-order valence-electron chi connectivity index (χ2n) is 5.44. The molecule has 0 saturated heterocycles. The molecule has 1 atom stereocenters. The number of nitrogens with two attached hydrogens (primary N) is 1. The third-order valence-corrected chi connectivity index (χ3v) is 4.69. The van der Waals surface area contributed by atoms with E-state index in [4.69, 9.17) is 5.14 Å². The van der Waals surface area contributed by atoms with E-state index in [9.17, 15) is 18.5 Å². The summed E-state index contributed by atoms with van der Waals surface area (Å²) in [6.07, 6.45) is 0.931. The standard InChI is InChI=1S/C16H19N3O4S/c1-3-12-4-6-13(7-5-12)11(2)18-15-9-8-14(19(20)21)10-16(15)24(17,22)23/h4-11,18H,3H2,1-2H3,(H2,17,22,23). The molecule has 2 aromatic carbocycles. The van der Waals surface area contributed by atoms with Crippen LogP contribution in [0.1, 0.15) is 31.0 Å². The van der Waals surface area contributed by atoms with E-state index in [-0.39, 0.29) is 22.3 Å². The number of nitro benzene ring substituents is 1. The highest BCUT2D eigenvalue weighted by Gasteiger charge is 2.20. The second-order valence-corrected chi connectivity index (χ2v) is 6.97. The molecule has 1 unspecified atom stereocenters. The van der Waals surface area contributed by atoms with Crippen molar-refractivity contribution < 1.29 is 13.3 Å². The number of hydrogen-bond acceptors (Lipinski definition) is 5. The average molecular weight is 349 g/mol. The van der Waals surface area contributed by atoms with Gasteiger partial charge in [0.1, 0.15) is 4.90 Å². The molecule has 24 heavy (non-hydrogen) atoms. The van der Waals surface area contributed by atoms with E-state index in [0.29, 0.717) is 0 Å². The second kappa shape index (κ2) is 6.98. The Labute approximate surface area is 140 Å². The van der Waals surface area contributed by atoms with Gasteiger partial charge in [0.05, 0.1) is 10.6 Å². The number of hydrogen-bond donors (Lipinski definition) is 2. The highest BCUT2D eigenvalue weighted by Crippen LogP contribution is 2.28. The van der Waals surface area contributed by atoms with Crippen LogP contribution in [0.25, 0.3) is 0 Å². The number of aryl methyl sites for hydroxylation is 1. The van der Waals surface area contributed by atoms with Crippen molar-refractivity contribution in [1.82, 2.24) is 0 Å². The fraction of sp³-hybridized carbons (Fsp3) is 0.250. The first-order valence-corrected chi connectivity index (χ1v) is 8.93. The summed E-state index contributed by atoms with van der Waals surface area (Å²) < 4.78 is 23.5. The molecule has 0 amide bonds. The van der Waals surface area contributed by atoms with Crippen molar-refractivity contribution in [3.8, 4) is 0 Å². The van der Waals surface area contributed by atoms with E-state index in [2.05, 4.69) is 12.2 Å². The lowest BCUT2D eigenvalue weighted by molar-refractivity contribution is -0.385. The fourth-order valence-corrected chi connectivity index (χ4v) is 3.06. The summed E-state index contributed by atoms with van der Waals surface area (Å²) in [5.74, 6) is 0. The number of nitrogens with zero attached hydrogens (tertiary/aromatic N) is 1. The van der Waals surface area contributed by atoms with Gasteiger partial charge in [-0.25, -0.2) is 13.6 Å². The van der Waals surface area contributed by atoms with E-state index in [1.165, 1.54) is 17.7 Å². The van der Waals surface area contributed by atoms with Gasteiger partial charge in [0.2, 0.25) is 10.0 Å². The monoisotopic (exact) mass is 349 g/mol. The van der Waals surface area contributed by atoms with Crippen LogP contribution in [0.4, 0.5) is 11.4 Å². The van der Waals surface area contributed by atoms with Gasteiger partial charge in [0.25, 0.3) is 5.69 Å². The molecule has 0 saturated carbocycles. The van der Waals surface area contributed by atoms with Gasteiger partial charge in [-0.05, 0) is 30.5 Å². The number of nitrogens with one attached hydrogen (secondary N) is 1. The van der Waals surface area contributed by atoms with Crippen molar-refractivity contribution in [3.63, 3.8) is 0 Å². The van der Waals surface area contributed by atoms with Gasteiger partial charge in [-0.3, -0.25) is 10.1 Å². The maximum Gasteiger partial charge on any atom is 0.270 e. The van der Waals surface area contributed by atoms with Gasteiger partial charge in [-0.1, -0.05) is 31.2 Å². The molecule has 0 aliphatic rings. The maximum absolute atomic E-state index is 11.7. The number of non-ortho nitro benzene ring substituents is 1. The molecule has 0 aliphatic carbocycles.